The van der Waals surface area contributed by atoms with Crippen molar-refractivity contribution in [1.29, 1.82) is 0 Å². The number of anilines is 1. The number of pyridine rings is 1. The highest BCUT2D eigenvalue weighted by Crippen LogP contribution is 2.30. The average molecular weight is 422 g/mol. The zero-order valence-electron chi connectivity index (χ0n) is 17.2. The number of para-hydroxylation sites is 1. The Balaban J connectivity index is 1.79. The summed E-state index contributed by atoms with van der Waals surface area (Å²) in [7, 11) is 1.83. The summed E-state index contributed by atoms with van der Waals surface area (Å²) in [6, 6.07) is 13.7. The molecule has 0 unspecified atom stereocenters. The molecule has 0 fully saturated rings. The number of rotatable bonds is 5. The van der Waals surface area contributed by atoms with E-state index in [4.69, 9.17) is 0 Å². The fraction of sp³-hybridized carbons (Fsp3) is 0.174. The van der Waals surface area contributed by atoms with Gasteiger partial charge in [-0.25, -0.2) is 4.98 Å². The van der Waals surface area contributed by atoms with Crippen molar-refractivity contribution in [2.45, 2.75) is 20.5 Å². The Hall–Kier alpha value is -3.81. The highest BCUT2D eigenvalue weighted by Gasteiger charge is 2.18. The fourth-order valence-electron chi connectivity index (χ4n) is 3.37. The summed E-state index contributed by atoms with van der Waals surface area (Å²) in [6.07, 6.45) is 1.70. The number of carbonyl (C=O) groups excluding carboxylic acids is 1. The standard InChI is InChI=1S/C23H20F2N4O2/c1-13-8-9-19(21(10-13)31-23(24)25)28-22(30)16-11-20(17-12-26-29(3)14(17)2)27-18-7-5-4-6-15(16)18/h4-12,23H,1-3H3,(H,28,30). The third-order valence-corrected chi connectivity index (χ3v) is 5.07. The van der Waals surface area contributed by atoms with E-state index in [0.717, 1.165) is 16.8 Å². The van der Waals surface area contributed by atoms with E-state index in [1.807, 2.05) is 32.2 Å². The van der Waals surface area contributed by atoms with Gasteiger partial charge in [-0.1, -0.05) is 24.3 Å². The molecule has 0 aliphatic carbocycles. The first-order chi connectivity index (χ1) is 14.8. The van der Waals surface area contributed by atoms with E-state index in [1.165, 1.54) is 6.07 Å². The summed E-state index contributed by atoms with van der Waals surface area (Å²) in [5.41, 5.74) is 4.21. The number of benzene rings is 2. The highest BCUT2D eigenvalue weighted by molar-refractivity contribution is 6.13. The lowest BCUT2D eigenvalue weighted by Gasteiger charge is -2.14. The van der Waals surface area contributed by atoms with Gasteiger partial charge in [-0.15, -0.1) is 0 Å². The quantitative estimate of drug-likeness (QED) is 0.486. The minimum atomic E-state index is -3.00. The van der Waals surface area contributed by atoms with Crippen LogP contribution in [0.15, 0.2) is 54.7 Å². The molecule has 2 aromatic carbocycles. The molecule has 8 heteroatoms. The van der Waals surface area contributed by atoms with E-state index in [2.05, 4.69) is 20.1 Å². The molecule has 0 spiro atoms. The van der Waals surface area contributed by atoms with Crippen LogP contribution in [-0.4, -0.2) is 27.3 Å². The topological polar surface area (TPSA) is 69.0 Å². The van der Waals surface area contributed by atoms with Crippen molar-refractivity contribution >= 4 is 22.5 Å². The summed E-state index contributed by atoms with van der Waals surface area (Å²) in [5.74, 6) is -0.547. The molecule has 0 saturated heterocycles. The Kier molecular flexibility index (Phi) is 5.37. The minimum Gasteiger partial charge on any atom is -0.433 e. The molecule has 0 aliphatic rings. The second-order valence-corrected chi connectivity index (χ2v) is 7.17. The molecule has 0 atom stereocenters. The normalized spacial score (nSPS) is 11.2. The molecule has 158 valence electrons. The third-order valence-electron chi connectivity index (χ3n) is 5.07. The van der Waals surface area contributed by atoms with Gasteiger partial charge in [-0.3, -0.25) is 9.48 Å². The molecule has 2 aromatic heterocycles. The van der Waals surface area contributed by atoms with Crippen molar-refractivity contribution in [2.24, 2.45) is 7.05 Å². The lowest BCUT2D eigenvalue weighted by molar-refractivity contribution is -0.0494. The molecule has 0 saturated carbocycles. The molecule has 1 amide bonds. The number of amides is 1. The van der Waals surface area contributed by atoms with Crippen molar-refractivity contribution in [1.82, 2.24) is 14.8 Å². The largest absolute Gasteiger partial charge is 0.433 e. The number of carbonyl (C=O) groups is 1. The number of aryl methyl sites for hydroxylation is 2. The zero-order valence-corrected chi connectivity index (χ0v) is 17.2. The highest BCUT2D eigenvalue weighted by atomic mass is 19.3. The second-order valence-electron chi connectivity index (χ2n) is 7.17. The number of halogens is 2. The first-order valence-electron chi connectivity index (χ1n) is 9.59. The number of hydrogen-bond donors (Lipinski definition) is 1. The second kappa shape index (κ2) is 8.14. The molecule has 31 heavy (non-hydrogen) atoms. The van der Waals surface area contributed by atoms with E-state index in [9.17, 15) is 13.6 Å². The van der Waals surface area contributed by atoms with Crippen LogP contribution >= 0.6 is 0 Å². The monoisotopic (exact) mass is 422 g/mol. The maximum absolute atomic E-state index is 13.2. The minimum absolute atomic E-state index is 0.0926. The number of ether oxygens (including phenoxy) is 1. The van der Waals surface area contributed by atoms with Crippen molar-refractivity contribution in [2.75, 3.05) is 5.32 Å². The Morgan fingerprint density at radius 3 is 2.61 bits per heavy atom. The maximum Gasteiger partial charge on any atom is 0.387 e. The SMILES string of the molecule is Cc1ccc(NC(=O)c2cc(-c3cnn(C)c3C)nc3ccccc23)c(OC(F)F)c1. The Labute approximate surface area is 177 Å². The van der Waals surface area contributed by atoms with Gasteiger partial charge in [-0.05, 0) is 43.7 Å². The van der Waals surface area contributed by atoms with Crippen molar-refractivity contribution in [3.63, 3.8) is 0 Å². The molecule has 2 heterocycles. The smallest absolute Gasteiger partial charge is 0.387 e. The van der Waals surface area contributed by atoms with Gasteiger partial charge in [0.2, 0.25) is 0 Å². The van der Waals surface area contributed by atoms with E-state index in [1.54, 1.807) is 42.1 Å². The van der Waals surface area contributed by atoms with Gasteiger partial charge in [0, 0.05) is 23.7 Å². The predicted molar refractivity (Wildman–Crippen MR) is 114 cm³/mol. The summed E-state index contributed by atoms with van der Waals surface area (Å²) in [5, 5.41) is 7.60. The van der Waals surface area contributed by atoms with Crippen LogP contribution in [0, 0.1) is 13.8 Å². The summed E-state index contributed by atoms with van der Waals surface area (Å²) in [6.45, 7) is 0.668. The Morgan fingerprint density at radius 1 is 1.13 bits per heavy atom. The van der Waals surface area contributed by atoms with Gasteiger partial charge in [0.1, 0.15) is 5.75 Å². The van der Waals surface area contributed by atoms with E-state index < -0.39 is 12.5 Å². The van der Waals surface area contributed by atoms with Gasteiger partial charge in [0.15, 0.2) is 0 Å². The fourth-order valence-corrected chi connectivity index (χ4v) is 3.37. The molecule has 0 bridgehead atoms. The molecular weight excluding hydrogens is 402 g/mol. The Morgan fingerprint density at radius 2 is 1.90 bits per heavy atom. The number of nitrogens with zero attached hydrogens (tertiary/aromatic N) is 3. The van der Waals surface area contributed by atoms with Gasteiger partial charge in [-0.2, -0.15) is 13.9 Å². The van der Waals surface area contributed by atoms with Crippen LogP contribution in [0.3, 0.4) is 0 Å². The molecule has 0 aliphatic heterocycles. The molecule has 6 nitrogen and oxygen atoms in total. The van der Waals surface area contributed by atoms with Gasteiger partial charge in [0.05, 0.1) is 28.7 Å². The number of fused-ring (bicyclic) bond motifs is 1. The van der Waals surface area contributed by atoms with Crippen LogP contribution in [-0.2, 0) is 7.05 Å². The average Bonchev–Trinajstić information content (AvgIpc) is 3.07. The van der Waals surface area contributed by atoms with E-state index in [-0.39, 0.29) is 11.4 Å². The van der Waals surface area contributed by atoms with E-state index in [0.29, 0.717) is 22.2 Å². The third kappa shape index (κ3) is 4.09. The molecule has 4 rings (SSSR count). The van der Waals surface area contributed by atoms with Crippen LogP contribution in [0.4, 0.5) is 14.5 Å². The van der Waals surface area contributed by atoms with Crippen molar-refractivity contribution < 1.29 is 18.3 Å². The van der Waals surface area contributed by atoms with Crippen LogP contribution in [0.2, 0.25) is 0 Å². The predicted octanol–water partition coefficient (Wildman–Crippen LogP) is 5.11. The molecule has 4 aromatic rings. The molecular formula is C23H20F2N4O2. The van der Waals surface area contributed by atoms with Crippen LogP contribution in [0.5, 0.6) is 5.75 Å². The number of hydrogen-bond acceptors (Lipinski definition) is 4. The maximum atomic E-state index is 13.2. The van der Waals surface area contributed by atoms with Crippen LogP contribution in [0.25, 0.3) is 22.2 Å². The van der Waals surface area contributed by atoms with Crippen LogP contribution in [0.1, 0.15) is 21.6 Å². The molecule has 1 N–H and O–H groups in total. The summed E-state index contributed by atoms with van der Waals surface area (Å²) >= 11 is 0. The van der Waals surface area contributed by atoms with Crippen molar-refractivity contribution in [3.8, 4) is 17.0 Å². The van der Waals surface area contributed by atoms with Gasteiger partial charge < -0.3 is 10.1 Å². The first-order valence-corrected chi connectivity index (χ1v) is 9.59. The summed E-state index contributed by atoms with van der Waals surface area (Å²) < 4.78 is 32.0. The number of nitrogens with one attached hydrogen (secondary N) is 1. The van der Waals surface area contributed by atoms with Gasteiger partial charge in [0.25, 0.3) is 5.91 Å². The zero-order chi connectivity index (χ0) is 22.1. The van der Waals surface area contributed by atoms with Crippen LogP contribution < -0.4 is 10.1 Å². The van der Waals surface area contributed by atoms with Gasteiger partial charge >= 0.3 is 6.61 Å². The lowest BCUT2D eigenvalue weighted by Crippen LogP contribution is -2.15. The number of alkyl halides is 2. The lowest BCUT2D eigenvalue weighted by atomic mass is 10.0. The van der Waals surface area contributed by atoms with E-state index >= 15 is 0 Å². The van der Waals surface area contributed by atoms with Crippen molar-refractivity contribution in [3.05, 3.63) is 71.5 Å². The first kappa shape index (κ1) is 20.5. The molecule has 0 radical (unpaired) electrons. The summed E-state index contributed by atoms with van der Waals surface area (Å²) in [4.78, 5) is 17.9. The Bertz CT molecular complexity index is 1280. The number of aromatic nitrogens is 3.